The van der Waals surface area contributed by atoms with Crippen LogP contribution in [0.15, 0.2) is 24.3 Å². The van der Waals surface area contributed by atoms with Gasteiger partial charge in [-0.3, -0.25) is 9.89 Å². The van der Waals surface area contributed by atoms with Crippen LogP contribution in [0.3, 0.4) is 0 Å². The van der Waals surface area contributed by atoms with Gasteiger partial charge in [-0.25, -0.2) is 0 Å². The number of amides is 1. The molecule has 0 aliphatic carbocycles. The van der Waals surface area contributed by atoms with E-state index in [0.717, 1.165) is 12.1 Å². The first-order chi connectivity index (χ1) is 9.79. The summed E-state index contributed by atoms with van der Waals surface area (Å²) in [7, 11) is 0. The summed E-state index contributed by atoms with van der Waals surface area (Å²) in [6.45, 7) is 1.61. The number of alkyl halides is 3. The molecule has 0 saturated heterocycles. The van der Waals surface area contributed by atoms with Crippen LogP contribution in [0.4, 0.5) is 18.9 Å². The van der Waals surface area contributed by atoms with Crippen molar-refractivity contribution in [1.82, 2.24) is 15.5 Å². The van der Waals surface area contributed by atoms with Crippen molar-refractivity contribution < 1.29 is 18.0 Å². The second-order valence-corrected chi connectivity index (χ2v) is 4.49. The van der Waals surface area contributed by atoms with Crippen molar-refractivity contribution in [3.05, 3.63) is 46.8 Å². The second kappa shape index (κ2) is 5.47. The van der Waals surface area contributed by atoms with Crippen LogP contribution in [-0.4, -0.2) is 16.1 Å². The normalized spacial score (nSPS) is 11.4. The molecular weight excluding hydrogens is 285 g/mol. The number of rotatable bonds is 3. The van der Waals surface area contributed by atoms with Gasteiger partial charge >= 0.3 is 6.18 Å². The molecule has 1 aromatic carbocycles. The Morgan fingerprint density at radius 2 is 2.14 bits per heavy atom. The Morgan fingerprint density at radius 3 is 2.71 bits per heavy atom. The average molecular weight is 298 g/mol. The summed E-state index contributed by atoms with van der Waals surface area (Å²) < 4.78 is 37.7. The minimum atomic E-state index is -4.41. The van der Waals surface area contributed by atoms with Crippen molar-refractivity contribution in [3.8, 4) is 0 Å². The molecule has 1 amide bonds. The number of benzene rings is 1. The number of aromatic amines is 1. The molecule has 1 heterocycles. The first-order valence-corrected chi connectivity index (χ1v) is 6.04. The molecule has 0 saturated carbocycles. The van der Waals surface area contributed by atoms with Crippen molar-refractivity contribution in [2.24, 2.45) is 0 Å². The number of halogens is 3. The Bertz CT molecular complexity index is 664. The second-order valence-electron chi connectivity index (χ2n) is 4.49. The monoisotopic (exact) mass is 298 g/mol. The smallest absolute Gasteiger partial charge is 0.395 e. The number of nitrogen functional groups attached to an aromatic ring is 1. The highest BCUT2D eigenvalue weighted by atomic mass is 19.4. The fourth-order valence-electron chi connectivity index (χ4n) is 1.73. The van der Waals surface area contributed by atoms with Crippen molar-refractivity contribution in [2.75, 3.05) is 5.73 Å². The molecule has 2 rings (SSSR count). The van der Waals surface area contributed by atoms with Gasteiger partial charge in [0.05, 0.1) is 16.9 Å². The van der Waals surface area contributed by atoms with Crippen LogP contribution in [0.1, 0.15) is 27.3 Å². The molecule has 1 aromatic heterocycles. The minimum Gasteiger partial charge on any atom is -0.395 e. The number of aryl methyl sites for hydroxylation is 1. The van der Waals surface area contributed by atoms with Gasteiger partial charge in [-0.2, -0.15) is 18.3 Å². The van der Waals surface area contributed by atoms with Gasteiger partial charge in [0.1, 0.15) is 0 Å². The van der Waals surface area contributed by atoms with Crippen LogP contribution >= 0.6 is 0 Å². The number of hydrogen-bond acceptors (Lipinski definition) is 3. The van der Waals surface area contributed by atoms with E-state index in [1.807, 2.05) is 0 Å². The van der Waals surface area contributed by atoms with E-state index in [1.54, 1.807) is 6.92 Å². The number of nitrogens with two attached hydrogens (primary N) is 1. The predicted octanol–water partition coefficient (Wildman–Crippen LogP) is 2.25. The van der Waals surface area contributed by atoms with Crippen LogP contribution in [0.5, 0.6) is 0 Å². The van der Waals surface area contributed by atoms with E-state index < -0.39 is 17.6 Å². The molecule has 0 bridgehead atoms. The van der Waals surface area contributed by atoms with Crippen LogP contribution in [0.2, 0.25) is 0 Å². The molecule has 112 valence electrons. The maximum Gasteiger partial charge on any atom is 0.416 e. The van der Waals surface area contributed by atoms with Gasteiger partial charge in [0.25, 0.3) is 5.91 Å². The van der Waals surface area contributed by atoms with Crippen LogP contribution in [0, 0.1) is 6.92 Å². The molecule has 0 fully saturated rings. The Labute approximate surface area is 118 Å². The lowest BCUT2D eigenvalue weighted by molar-refractivity contribution is -0.137. The van der Waals surface area contributed by atoms with Gasteiger partial charge in [0, 0.05) is 6.54 Å². The number of aromatic nitrogens is 2. The molecule has 0 unspecified atom stereocenters. The summed E-state index contributed by atoms with van der Waals surface area (Å²) in [5.74, 6) is -0.547. The minimum absolute atomic E-state index is 0.0273. The van der Waals surface area contributed by atoms with Crippen LogP contribution in [0.25, 0.3) is 0 Å². The Hall–Kier alpha value is -2.51. The molecule has 0 aliphatic rings. The number of nitrogens with one attached hydrogen (secondary N) is 2. The zero-order valence-corrected chi connectivity index (χ0v) is 11.1. The molecular formula is C13H13F3N4O. The van der Waals surface area contributed by atoms with Gasteiger partial charge in [0.2, 0.25) is 0 Å². The summed E-state index contributed by atoms with van der Waals surface area (Å²) in [6.07, 6.45) is -4.41. The Balaban J connectivity index is 2.07. The fraction of sp³-hybridized carbons (Fsp3) is 0.231. The lowest BCUT2D eigenvalue weighted by atomic mass is 10.1. The van der Waals surface area contributed by atoms with Crippen LogP contribution < -0.4 is 11.1 Å². The first kappa shape index (κ1) is 14.9. The summed E-state index contributed by atoms with van der Waals surface area (Å²) in [6, 6.07) is 4.74. The molecule has 21 heavy (non-hydrogen) atoms. The van der Waals surface area contributed by atoms with E-state index in [0.29, 0.717) is 11.3 Å². The van der Waals surface area contributed by atoms with E-state index >= 15 is 0 Å². The highest BCUT2D eigenvalue weighted by Gasteiger charge is 2.30. The summed E-state index contributed by atoms with van der Waals surface area (Å²) in [5.41, 5.74) is 6.03. The topological polar surface area (TPSA) is 83.8 Å². The third kappa shape index (κ3) is 3.33. The third-order valence-electron chi connectivity index (χ3n) is 2.92. The fourth-order valence-corrected chi connectivity index (χ4v) is 1.73. The number of nitrogens with zero attached hydrogens (tertiary/aromatic N) is 1. The highest BCUT2D eigenvalue weighted by molar-refractivity contribution is 5.97. The van der Waals surface area contributed by atoms with E-state index in [1.165, 1.54) is 12.1 Å². The molecule has 8 heteroatoms. The maximum atomic E-state index is 12.6. The number of hydrogen-bond donors (Lipinski definition) is 3. The van der Waals surface area contributed by atoms with Crippen molar-refractivity contribution >= 4 is 11.6 Å². The quantitative estimate of drug-likeness (QED) is 0.812. The van der Waals surface area contributed by atoms with Crippen molar-refractivity contribution in [3.63, 3.8) is 0 Å². The van der Waals surface area contributed by atoms with Gasteiger partial charge in [-0.1, -0.05) is 12.1 Å². The van der Waals surface area contributed by atoms with Gasteiger partial charge in [-0.15, -0.1) is 0 Å². The van der Waals surface area contributed by atoms with E-state index in [4.69, 9.17) is 5.73 Å². The Morgan fingerprint density at radius 1 is 1.43 bits per heavy atom. The number of carbonyl (C=O) groups excluding carboxylic acids is 1. The molecule has 2 aromatic rings. The molecule has 0 spiro atoms. The molecule has 4 N–H and O–H groups in total. The largest absolute Gasteiger partial charge is 0.416 e. The first-order valence-electron chi connectivity index (χ1n) is 6.04. The molecule has 0 radical (unpaired) electrons. The highest BCUT2D eigenvalue weighted by Crippen LogP contribution is 2.29. The lowest BCUT2D eigenvalue weighted by Crippen LogP contribution is -2.24. The standard InChI is InChI=1S/C13H13F3N4O/c1-7-10(17)11(20-19-7)12(21)18-6-8-3-2-4-9(5-8)13(14,15)16/h2-5H,6,17H2,1H3,(H,18,21)(H,19,20). The molecule has 0 atom stereocenters. The maximum absolute atomic E-state index is 12.6. The SMILES string of the molecule is Cc1[nH]nc(C(=O)NCc2cccc(C(F)(F)F)c2)c1N. The molecule has 0 aliphatic heterocycles. The van der Waals surface area contributed by atoms with Crippen LogP contribution in [-0.2, 0) is 12.7 Å². The number of H-pyrrole nitrogens is 1. The summed E-state index contributed by atoms with van der Waals surface area (Å²) >= 11 is 0. The van der Waals surface area contributed by atoms with E-state index in [2.05, 4.69) is 15.5 Å². The zero-order valence-electron chi connectivity index (χ0n) is 11.1. The summed E-state index contributed by atoms with van der Waals surface area (Å²) in [5, 5.41) is 8.78. The number of carbonyl (C=O) groups is 1. The van der Waals surface area contributed by atoms with Crippen molar-refractivity contribution in [1.29, 1.82) is 0 Å². The third-order valence-corrected chi connectivity index (χ3v) is 2.92. The predicted molar refractivity (Wildman–Crippen MR) is 70.4 cm³/mol. The lowest BCUT2D eigenvalue weighted by Gasteiger charge is -2.09. The zero-order chi connectivity index (χ0) is 15.6. The Kier molecular flexibility index (Phi) is 3.88. The van der Waals surface area contributed by atoms with Crippen molar-refractivity contribution in [2.45, 2.75) is 19.6 Å². The van der Waals surface area contributed by atoms with E-state index in [-0.39, 0.29) is 17.9 Å². The van der Waals surface area contributed by atoms with E-state index in [9.17, 15) is 18.0 Å². The van der Waals surface area contributed by atoms with Gasteiger partial charge < -0.3 is 11.1 Å². The average Bonchev–Trinajstić information content (AvgIpc) is 2.76. The van der Waals surface area contributed by atoms with Gasteiger partial charge in [0.15, 0.2) is 5.69 Å². The van der Waals surface area contributed by atoms with Gasteiger partial charge in [-0.05, 0) is 24.6 Å². The molecule has 5 nitrogen and oxygen atoms in total. The summed E-state index contributed by atoms with van der Waals surface area (Å²) in [4.78, 5) is 11.8. The number of anilines is 1.